The van der Waals surface area contributed by atoms with E-state index < -0.39 is 0 Å². The second-order valence-electron chi connectivity index (χ2n) is 5.21. The van der Waals surface area contributed by atoms with Crippen LogP contribution in [0.3, 0.4) is 0 Å². The second kappa shape index (κ2) is 8.82. The standard InChI is InChI=1S/C15H24N2O2.ClH/c1-4-19-13-8-5-12(6-9-13)7-10-14(18)17-15(2,3)11-16;/h5-6,8-9H,4,7,10-11,16H2,1-3H3,(H,17,18);1H. The van der Waals surface area contributed by atoms with Crippen molar-refractivity contribution in [2.75, 3.05) is 13.2 Å². The summed E-state index contributed by atoms with van der Waals surface area (Å²) >= 11 is 0. The fourth-order valence-corrected chi connectivity index (χ4v) is 1.67. The fourth-order valence-electron chi connectivity index (χ4n) is 1.67. The van der Waals surface area contributed by atoms with Crippen LogP contribution in [-0.2, 0) is 11.2 Å². The fraction of sp³-hybridized carbons (Fsp3) is 0.533. The Morgan fingerprint density at radius 3 is 2.40 bits per heavy atom. The Hall–Kier alpha value is -1.26. The Morgan fingerprint density at radius 2 is 1.90 bits per heavy atom. The van der Waals surface area contributed by atoms with E-state index in [2.05, 4.69) is 5.32 Å². The van der Waals surface area contributed by atoms with Crippen LogP contribution in [0.4, 0.5) is 0 Å². The molecule has 1 rings (SSSR count). The third kappa shape index (κ3) is 6.78. The Morgan fingerprint density at radius 1 is 1.30 bits per heavy atom. The van der Waals surface area contributed by atoms with Gasteiger partial charge in [-0.25, -0.2) is 0 Å². The van der Waals surface area contributed by atoms with Gasteiger partial charge in [-0.15, -0.1) is 12.4 Å². The summed E-state index contributed by atoms with van der Waals surface area (Å²) in [6, 6.07) is 7.85. The van der Waals surface area contributed by atoms with Gasteiger partial charge in [-0.3, -0.25) is 4.79 Å². The van der Waals surface area contributed by atoms with E-state index >= 15 is 0 Å². The molecule has 5 heteroatoms. The van der Waals surface area contributed by atoms with Crippen LogP contribution in [0, 0.1) is 0 Å². The molecular weight excluding hydrogens is 276 g/mol. The molecule has 20 heavy (non-hydrogen) atoms. The second-order valence-corrected chi connectivity index (χ2v) is 5.21. The smallest absolute Gasteiger partial charge is 0.220 e. The summed E-state index contributed by atoms with van der Waals surface area (Å²) < 4.78 is 5.37. The number of aryl methyl sites for hydroxylation is 1. The van der Waals surface area contributed by atoms with Gasteiger partial charge in [-0.2, -0.15) is 0 Å². The highest BCUT2D eigenvalue weighted by Gasteiger charge is 2.17. The lowest BCUT2D eigenvalue weighted by atomic mass is 10.0. The van der Waals surface area contributed by atoms with E-state index in [0.29, 0.717) is 19.6 Å². The summed E-state index contributed by atoms with van der Waals surface area (Å²) in [5.74, 6) is 0.893. The van der Waals surface area contributed by atoms with Crippen LogP contribution in [0.15, 0.2) is 24.3 Å². The first kappa shape index (κ1) is 18.7. The maximum absolute atomic E-state index is 11.8. The number of hydrogen-bond acceptors (Lipinski definition) is 3. The molecule has 0 heterocycles. The monoisotopic (exact) mass is 300 g/mol. The first-order valence-corrected chi connectivity index (χ1v) is 6.69. The van der Waals surface area contributed by atoms with Gasteiger partial charge < -0.3 is 15.8 Å². The van der Waals surface area contributed by atoms with Crippen LogP contribution in [0.5, 0.6) is 5.75 Å². The maximum Gasteiger partial charge on any atom is 0.220 e. The highest BCUT2D eigenvalue weighted by Crippen LogP contribution is 2.13. The molecule has 0 radical (unpaired) electrons. The lowest BCUT2D eigenvalue weighted by Crippen LogP contribution is -2.48. The first-order chi connectivity index (χ1) is 8.96. The van der Waals surface area contributed by atoms with E-state index in [0.717, 1.165) is 17.7 Å². The van der Waals surface area contributed by atoms with Gasteiger partial charge in [0.25, 0.3) is 0 Å². The molecule has 0 aliphatic carbocycles. The topological polar surface area (TPSA) is 64.3 Å². The van der Waals surface area contributed by atoms with Gasteiger partial charge in [0.2, 0.25) is 5.91 Å². The van der Waals surface area contributed by atoms with Gasteiger partial charge in [0, 0.05) is 18.5 Å². The van der Waals surface area contributed by atoms with Crippen molar-refractivity contribution in [3.63, 3.8) is 0 Å². The van der Waals surface area contributed by atoms with Crippen LogP contribution in [0.1, 0.15) is 32.8 Å². The van der Waals surface area contributed by atoms with Crippen molar-refractivity contribution in [1.82, 2.24) is 5.32 Å². The van der Waals surface area contributed by atoms with Gasteiger partial charge in [0.05, 0.1) is 6.61 Å². The molecule has 0 saturated heterocycles. The summed E-state index contributed by atoms with van der Waals surface area (Å²) in [6.07, 6.45) is 1.19. The predicted octanol–water partition coefficient (Wildman–Crippen LogP) is 2.29. The molecule has 0 bridgehead atoms. The Kier molecular flexibility index (Phi) is 8.26. The lowest BCUT2D eigenvalue weighted by Gasteiger charge is -2.24. The average Bonchev–Trinajstić information content (AvgIpc) is 2.38. The largest absolute Gasteiger partial charge is 0.494 e. The zero-order valence-electron chi connectivity index (χ0n) is 12.4. The number of nitrogens with one attached hydrogen (secondary N) is 1. The number of nitrogens with two attached hydrogens (primary N) is 1. The normalized spacial score (nSPS) is 10.6. The number of carbonyl (C=O) groups is 1. The molecule has 0 aliphatic rings. The number of benzene rings is 1. The number of rotatable bonds is 7. The quantitative estimate of drug-likeness (QED) is 0.812. The summed E-state index contributed by atoms with van der Waals surface area (Å²) in [7, 11) is 0. The highest BCUT2D eigenvalue weighted by molar-refractivity contribution is 5.85. The van der Waals surface area contributed by atoms with E-state index in [4.69, 9.17) is 10.5 Å². The Balaban J connectivity index is 0.00000361. The molecule has 0 atom stereocenters. The van der Waals surface area contributed by atoms with E-state index in [9.17, 15) is 4.79 Å². The van der Waals surface area contributed by atoms with E-state index in [1.165, 1.54) is 0 Å². The molecule has 0 aromatic heterocycles. The summed E-state index contributed by atoms with van der Waals surface area (Å²) in [4.78, 5) is 11.8. The highest BCUT2D eigenvalue weighted by atomic mass is 35.5. The van der Waals surface area contributed by atoms with Crippen LogP contribution >= 0.6 is 12.4 Å². The van der Waals surface area contributed by atoms with Crippen molar-refractivity contribution < 1.29 is 9.53 Å². The third-order valence-electron chi connectivity index (χ3n) is 2.86. The predicted molar refractivity (Wildman–Crippen MR) is 84.5 cm³/mol. The van der Waals surface area contributed by atoms with Crippen molar-refractivity contribution in [1.29, 1.82) is 0 Å². The van der Waals surface area contributed by atoms with Crippen molar-refractivity contribution in [2.45, 2.75) is 39.2 Å². The number of amides is 1. The summed E-state index contributed by atoms with van der Waals surface area (Å²) in [5.41, 5.74) is 6.37. The molecule has 1 amide bonds. The Labute approximate surface area is 127 Å². The minimum absolute atomic E-state index is 0. The van der Waals surface area contributed by atoms with Crippen molar-refractivity contribution in [3.05, 3.63) is 29.8 Å². The first-order valence-electron chi connectivity index (χ1n) is 6.69. The minimum atomic E-state index is -0.337. The summed E-state index contributed by atoms with van der Waals surface area (Å²) in [5, 5.41) is 2.92. The van der Waals surface area contributed by atoms with Gasteiger partial charge in [-0.05, 0) is 44.9 Å². The molecule has 4 nitrogen and oxygen atoms in total. The molecule has 0 unspecified atom stereocenters. The molecule has 114 valence electrons. The zero-order valence-corrected chi connectivity index (χ0v) is 13.3. The molecular formula is C15H25ClN2O2. The molecule has 3 N–H and O–H groups in total. The maximum atomic E-state index is 11.8. The molecule has 1 aromatic rings. The van der Waals surface area contributed by atoms with Crippen LogP contribution in [0.25, 0.3) is 0 Å². The van der Waals surface area contributed by atoms with Gasteiger partial charge >= 0.3 is 0 Å². The SMILES string of the molecule is CCOc1ccc(CCC(=O)NC(C)(C)CN)cc1.Cl. The van der Waals surface area contributed by atoms with Crippen LogP contribution in [0.2, 0.25) is 0 Å². The zero-order chi connectivity index (χ0) is 14.3. The van der Waals surface area contributed by atoms with Crippen LogP contribution in [-0.4, -0.2) is 24.6 Å². The number of hydrogen-bond donors (Lipinski definition) is 2. The minimum Gasteiger partial charge on any atom is -0.494 e. The third-order valence-corrected chi connectivity index (χ3v) is 2.86. The molecule has 1 aromatic carbocycles. The van der Waals surface area contributed by atoms with Gasteiger partial charge in [0.15, 0.2) is 0 Å². The summed E-state index contributed by atoms with van der Waals surface area (Å²) in [6.45, 7) is 6.89. The van der Waals surface area contributed by atoms with E-state index in [-0.39, 0.29) is 23.9 Å². The number of halogens is 1. The lowest BCUT2D eigenvalue weighted by molar-refractivity contribution is -0.122. The number of ether oxygens (including phenoxy) is 1. The average molecular weight is 301 g/mol. The van der Waals surface area contributed by atoms with Gasteiger partial charge in [0.1, 0.15) is 5.75 Å². The molecule has 0 aliphatic heterocycles. The van der Waals surface area contributed by atoms with Crippen LogP contribution < -0.4 is 15.8 Å². The van der Waals surface area contributed by atoms with E-state index in [1.807, 2.05) is 45.0 Å². The van der Waals surface area contributed by atoms with Crippen molar-refractivity contribution in [3.8, 4) is 5.75 Å². The molecule has 0 fully saturated rings. The molecule has 0 spiro atoms. The molecule has 0 saturated carbocycles. The number of carbonyl (C=O) groups excluding carboxylic acids is 1. The van der Waals surface area contributed by atoms with Gasteiger partial charge in [-0.1, -0.05) is 12.1 Å². The Bertz CT molecular complexity index is 405. The van der Waals surface area contributed by atoms with E-state index in [1.54, 1.807) is 0 Å². The van der Waals surface area contributed by atoms with Crippen molar-refractivity contribution in [2.24, 2.45) is 5.73 Å². The van der Waals surface area contributed by atoms with Crippen molar-refractivity contribution >= 4 is 18.3 Å².